The monoisotopic (exact) mass is 347 g/mol. The summed E-state index contributed by atoms with van der Waals surface area (Å²) in [5.74, 6) is 0.597. The Labute approximate surface area is 151 Å². The fraction of sp³-hybridized carbons (Fsp3) is 0.550. The van der Waals surface area contributed by atoms with Crippen molar-refractivity contribution in [1.82, 2.24) is 9.55 Å². The molecule has 132 valence electrons. The van der Waals surface area contributed by atoms with Gasteiger partial charge in [-0.15, -0.1) is 0 Å². The zero-order chi connectivity index (χ0) is 17.2. The number of hydrogen-bond acceptors (Lipinski definition) is 2. The third-order valence-electron chi connectivity index (χ3n) is 4.51. The van der Waals surface area contributed by atoms with Gasteiger partial charge in [-0.3, -0.25) is 0 Å². The molecule has 0 fully saturated rings. The van der Waals surface area contributed by atoms with Crippen LogP contribution < -0.4 is 5.73 Å². The van der Waals surface area contributed by atoms with Crippen LogP contribution in [0, 0.1) is 0 Å². The van der Waals surface area contributed by atoms with Gasteiger partial charge in [0.15, 0.2) is 0 Å². The average molecular weight is 348 g/mol. The van der Waals surface area contributed by atoms with E-state index in [1.54, 1.807) is 0 Å². The predicted molar refractivity (Wildman–Crippen MR) is 104 cm³/mol. The third-order valence-corrected chi connectivity index (χ3v) is 4.76. The van der Waals surface area contributed by atoms with E-state index in [1.807, 2.05) is 30.5 Å². The molecule has 24 heavy (non-hydrogen) atoms. The Morgan fingerprint density at radius 1 is 0.917 bits per heavy atom. The second kappa shape index (κ2) is 10.4. The van der Waals surface area contributed by atoms with Crippen molar-refractivity contribution in [3.05, 3.63) is 35.5 Å². The molecule has 0 bridgehead atoms. The van der Waals surface area contributed by atoms with Crippen molar-refractivity contribution in [3.63, 3.8) is 0 Å². The summed E-state index contributed by atoms with van der Waals surface area (Å²) in [4.78, 5) is 4.28. The lowest BCUT2D eigenvalue weighted by atomic mass is 10.1. The van der Waals surface area contributed by atoms with Crippen molar-refractivity contribution >= 4 is 17.5 Å². The van der Waals surface area contributed by atoms with Crippen LogP contribution in [0.5, 0.6) is 0 Å². The number of benzene rings is 1. The number of nitrogens with two attached hydrogens (primary N) is 1. The van der Waals surface area contributed by atoms with E-state index in [1.165, 1.54) is 51.4 Å². The van der Waals surface area contributed by atoms with Crippen LogP contribution in [0.3, 0.4) is 0 Å². The van der Waals surface area contributed by atoms with E-state index in [0.29, 0.717) is 5.95 Å². The lowest BCUT2D eigenvalue weighted by molar-refractivity contribution is 0.542. The zero-order valence-electron chi connectivity index (χ0n) is 14.8. The summed E-state index contributed by atoms with van der Waals surface area (Å²) in [6, 6.07) is 7.85. The SMILES string of the molecule is CCCCCCCCCCCn1c(-c2ccc(Cl)cc2)cnc1N. The number of nitrogens with zero attached hydrogens (tertiary/aromatic N) is 2. The Bertz CT molecular complexity index is 589. The van der Waals surface area contributed by atoms with E-state index in [-0.39, 0.29) is 0 Å². The molecule has 0 unspecified atom stereocenters. The van der Waals surface area contributed by atoms with Crippen LogP contribution in [-0.2, 0) is 6.54 Å². The molecule has 0 spiro atoms. The number of hydrogen-bond donors (Lipinski definition) is 1. The largest absolute Gasteiger partial charge is 0.369 e. The van der Waals surface area contributed by atoms with Crippen molar-refractivity contribution in [3.8, 4) is 11.3 Å². The van der Waals surface area contributed by atoms with Crippen LogP contribution in [0.25, 0.3) is 11.3 Å². The summed E-state index contributed by atoms with van der Waals surface area (Å²) in [6.45, 7) is 3.19. The molecule has 1 heterocycles. The van der Waals surface area contributed by atoms with Gasteiger partial charge in [-0.2, -0.15) is 0 Å². The minimum Gasteiger partial charge on any atom is -0.369 e. The molecule has 0 atom stereocenters. The molecule has 3 nitrogen and oxygen atoms in total. The second-order valence-electron chi connectivity index (χ2n) is 6.49. The molecule has 2 N–H and O–H groups in total. The highest BCUT2D eigenvalue weighted by atomic mass is 35.5. The van der Waals surface area contributed by atoms with Crippen LogP contribution in [0.4, 0.5) is 5.95 Å². The molecule has 0 amide bonds. The molecule has 2 rings (SSSR count). The quantitative estimate of drug-likeness (QED) is 0.483. The van der Waals surface area contributed by atoms with Crippen LogP contribution >= 0.6 is 11.6 Å². The average Bonchev–Trinajstić information content (AvgIpc) is 2.95. The number of anilines is 1. The third kappa shape index (κ3) is 5.86. The Morgan fingerprint density at radius 3 is 2.12 bits per heavy atom. The molecule has 0 aliphatic carbocycles. The minimum atomic E-state index is 0.597. The van der Waals surface area contributed by atoms with Gasteiger partial charge < -0.3 is 10.3 Å². The molecule has 0 saturated carbocycles. The number of nitrogen functional groups attached to an aromatic ring is 1. The highest BCUT2D eigenvalue weighted by Crippen LogP contribution is 2.24. The van der Waals surface area contributed by atoms with E-state index < -0.39 is 0 Å². The topological polar surface area (TPSA) is 43.8 Å². The van der Waals surface area contributed by atoms with Crippen molar-refractivity contribution in [1.29, 1.82) is 0 Å². The van der Waals surface area contributed by atoms with Gasteiger partial charge in [-0.05, 0) is 24.1 Å². The van der Waals surface area contributed by atoms with E-state index in [4.69, 9.17) is 17.3 Å². The van der Waals surface area contributed by atoms with Gasteiger partial charge in [0, 0.05) is 11.6 Å². The van der Waals surface area contributed by atoms with Gasteiger partial charge in [0.05, 0.1) is 11.9 Å². The first-order valence-corrected chi connectivity index (χ1v) is 9.67. The van der Waals surface area contributed by atoms with Gasteiger partial charge in [0.1, 0.15) is 0 Å². The van der Waals surface area contributed by atoms with Crippen LogP contribution in [0.2, 0.25) is 5.02 Å². The highest BCUT2D eigenvalue weighted by molar-refractivity contribution is 6.30. The molecule has 0 radical (unpaired) electrons. The predicted octanol–water partition coefficient (Wildman–Crippen LogP) is 6.32. The summed E-state index contributed by atoms with van der Waals surface area (Å²) in [6.07, 6.45) is 13.8. The van der Waals surface area contributed by atoms with E-state index in [0.717, 1.165) is 29.2 Å². The fourth-order valence-electron chi connectivity index (χ4n) is 3.06. The van der Waals surface area contributed by atoms with Crippen LogP contribution in [-0.4, -0.2) is 9.55 Å². The van der Waals surface area contributed by atoms with Gasteiger partial charge >= 0.3 is 0 Å². The smallest absolute Gasteiger partial charge is 0.200 e. The maximum absolute atomic E-state index is 6.04. The minimum absolute atomic E-state index is 0.597. The summed E-state index contributed by atoms with van der Waals surface area (Å²) >= 11 is 5.97. The van der Waals surface area contributed by atoms with Gasteiger partial charge in [0.25, 0.3) is 0 Å². The van der Waals surface area contributed by atoms with E-state index in [9.17, 15) is 0 Å². The lowest BCUT2D eigenvalue weighted by Gasteiger charge is -2.10. The Kier molecular flexibility index (Phi) is 8.17. The van der Waals surface area contributed by atoms with E-state index >= 15 is 0 Å². The van der Waals surface area contributed by atoms with Crippen LogP contribution in [0.1, 0.15) is 64.7 Å². The normalized spacial score (nSPS) is 11.1. The Balaban J connectivity index is 1.75. The van der Waals surface area contributed by atoms with Gasteiger partial charge in [0.2, 0.25) is 5.95 Å². The first-order valence-electron chi connectivity index (χ1n) is 9.29. The number of unbranched alkanes of at least 4 members (excludes halogenated alkanes) is 8. The molecular weight excluding hydrogens is 318 g/mol. The van der Waals surface area contributed by atoms with E-state index in [2.05, 4.69) is 16.5 Å². The number of aromatic nitrogens is 2. The highest BCUT2D eigenvalue weighted by Gasteiger charge is 2.09. The summed E-state index contributed by atoms with van der Waals surface area (Å²) in [5.41, 5.74) is 8.23. The fourth-order valence-corrected chi connectivity index (χ4v) is 3.18. The van der Waals surface area contributed by atoms with Crippen molar-refractivity contribution in [2.24, 2.45) is 0 Å². The maximum Gasteiger partial charge on any atom is 0.200 e. The zero-order valence-corrected chi connectivity index (χ0v) is 15.6. The lowest BCUT2D eigenvalue weighted by Crippen LogP contribution is -2.05. The molecule has 0 aliphatic heterocycles. The van der Waals surface area contributed by atoms with Crippen molar-refractivity contribution in [2.45, 2.75) is 71.3 Å². The summed E-state index contributed by atoms with van der Waals surface area (Å²) < 4.78 is 2.12. The molecule has 0 aliphatic rings. The summed E-state index contributed by atoms with van der Waals surface area (Å²) in [5, 5.41) is 0.747. The number of imidazole rings is 1. The van der Waals surface area contributed by atoms with Gasteiger partial charge in [-0.25, -0.2) is 4.98 Å². The molecular formula is C20H30ClN3. The first kappa shape index (κ1) is 18.9. The number of halogens is 1. The van der Waals surface area contributed by atoms with Gasteiger partial charge in [-0.1, -0.05) is 82.0 Å². The molecule has 4 heteroatoms. The van der Waals surface area contributed by atoms with Crippen molar-refractivity contribution < 1.29 is 0 Å². The molecule has 1 aromatic heterocycles. The Morgan fingerprint density at radius 2 is 1.50 bits per heavy atom. The second-order valence-corrected chi connectivity index (χ2v) is 6.93. The maximum atomic E-state index is 6.04. The molecule has 0 saturated heterocycles. The molecule has 1 aromatic carbocycles. The molecule has 2 aromatic rings. The van der Waals surface area contributed by atoms with Crippen LogP contribution in [0.15, 0.2) is 30.5 Å². The standard InChI is InChI=1S/C20H30ClN3/c1-2-3-4-5-6-7-8-9-10-15-24-19(16-23-20(24)22)17-11-13-18(21)14-12-17/h11-14,16H,2-10,15H2,1H3,(H2,22,23). The Hall–Kier alpha value is -1.48. The first-order chi connectivity index (χ1) is 11.7. The number of rotatable bonds is 11. The summed E-state index contributed by atoms with van der Waals surface area (Å²) in [7, 11) is 0. The van der Waals surface area contributed by atoms with Crippen molar-refractivity contribution in [2.75, 3.05) is 5.73 Å².